The summed E-state index contributed by atoms with van der Waals surface area (Å²) >= 11 is 0. The van der Waals surface area contributed by atoms with Crippen molar-refractivity contribution >= 4 is 5.78 Å². The fraction of sp³-hybridized carbons (Fsp3) is 0.0385. The molecule has 27 heavy (non-hydrogen) atoms. The predicted molar refractivity (Wildman–Crippen MR) is 110 cm³/mol. The molecule has 130 valence electrons. The highest BCUT2D eigenvalue weighted by molar-refractivity contribution is 6.09. The molecular formula is C26H20O. The zero-order valence-corrected chi connectivity index (χ0v) is 15.0. The van der Waals surface area contributed by atoms with Crippen molar-refractivity contribution in [1.82, 2.24) is 0 Å². The van der Waals surface area contributed by atoms with Crippen LogP contribution >= 0.6 is 0 Å². The number of hydrogen-bond acceptors (Lipinski definition) is 1. The van der Waals surface area contributed by atoms with Gasteiger partial charge in [-0.3, -0.25) is 4.79 Å². The van der Waals surface area contributed by atoms with Crippen LogP contribution in [0.5, 0.6) is 0 Å². The Hall–Kier alpha value is -3.45. The molecule has 0 aliphatic heterocycles. The van der Waals surface area contributed by atoms with Crippen LogP contribution in [-0.4, -0.2) is 5.78 Å². The minimum absolute atomic E-state index is 0.0756. The lowest BCUT2D eigenvalue weighted by Crippen LogP contribution is -2.38. The van der Waals surface area contributed by atoms with E-state index < -0.39 is 5.41 Å². The average molecular weight is 348 g/mol. The van der Waals surface area contributed by atoms with Crippen molar-refractivity contribution < 1.29 is 4.79 Å². The molecular weight excluding hydrogens is 328 g/mol. The maximum absolute atomic E-state index is 14.1. The first-order chi connectivity index (χ1) is 13.3. The van der Waals surface area contributed by atoms with Crippen molar-refractivity contribution in [3.05, 3.63) is 144 Å². The van der Waals surface area contributed by atoms with Crippen LogP contribution in [0.1, 0.15) is 27.0 Å². The standard InChI is InChI=1S/C26H20O/c27-25(21-13-5-1-6-14-21)26(22-15-7-2-8-16-22,23-17-9-3-10-18-23)24-19-11-4-12-20-24/h1-20H. The minimum Gasteiger partial charge on any atom is -0.292 e. The quantitative estimate of drug-likeness (QED) is 0.324. The molecule has 0 bridgehead atoms. The summed E-state index contributed by atoms with van der Waals surface area (Å²) in [5, 5.41) is 0. The van der Waals surface area contributed by atoms with E-state index in [9.17, 15) is 4.79 Å². The van der Waals surface area contributed by atoms with Crippen LogP contribution in [0.25, 0.3) is 0 Å². The summed E-state index contributed by atoms with van der Waals surface area (Å²) in [6.07, 6.45) is 0. The Morgan fingerprint density at radius 1 is 0.444 bits per heavy atom. The van der Waals surface area contributed by atoms with E-state index in [2.05, 4.69) is 0 Å². The Morgan fingerprint density at radius 3 is 1.07 bits per heavy atom. The van der Waals surface area contributed by atoms with Gasteiger partial charge in [0.15, 0.2) is 5.78 Å². The zero-order chi connectivity index (χ0) is 18.5. The van der Waals surface area contributed by atoms with Crippen molar-refractivity contribution in [2.24, 2.45) is 0 Å². The molecule has 4 aromatic rings. The summed E-state index contributed by atoms with van der Waals surface area (Å²) in [4.78, 5) is 14.1. The third-order valence-electron chi connectivity index (χ3n) is 5.00. The maximum atomic E-state index is 14.1. The lowest BCUT2D eigenvalue weighted by molar-refractivity contribution is 0.0935. The van der Waals surface area contributed by atoms with Gasteiger partial charge in [-0.1, -0.05) is 121 Å². The molecule has 0 unspecified atom stereocenters. The van der Waals surface area contributed by atoms with Gasteiger partial charge >= 0.3 is 0 Å². The van der Waals surface area contributed by atoms with Gasteiger partial charge in [0.05, 0.1) is 0 Å². The molecule has 0 spiro atoms. The predicted octanol–water partition coefficient (Wildman–Crippen LogP) is 5.90. The number of Topliss-reactive ketones (excluding diaryl/α,β-unsaturated/α-hetero) is 1. The first kappa shape index (κ1) is 17.0. The number of benzene rings is 4. The maximum Gasteiger partial charge on any atom is 0.182 e. The van der Waals surface area contributed by atoms with E-state index in [1.54, 1.807) is 0 Å². The van der Waals surface area contributed by atoms with Crippen molar-refractivity contribution in [3.63, 3.8) is 0 Å². The number of ketones is 1. The molecule has 0 saturated heterocycles. The topological polar surface area (TPSA) is 17.1 Å². The lowest BCUT2D eigenvalue weighted by Gasteiger charge is -2.34. The highest BCUT2D eigenvalue weighted by atomic mass is 16.1. The molecule has 0 heterocycles. The lowest BCUT2D eigenvalue weighted by atomic mass is 9.65. The molecule has 0 aromatic heterocycles. The van der Waals surface area contributed by atoms with Gasteiger partial charge in [0.2, 0.25) is 0 Å². The van der Waals surface area contributed by atoms with E-state index in [4.69, 9.17) is 0 Å². The van der Waals surface area contributed by atoms with Crippen molar-refractivity contribution in [1.29, 1.82) is 0 Å². The highest BCUT2D eigenvalue weighted by Crippen LogP contribution is 2.41. The zero-order valence-electron chi connectivity index (χ0n) is 15.0. The van der Waals surface area contributed by atoms with Crippen LogP contribution in [0.2, 0.25) is 0 Å². The van der Waals surface area contributed by atoms with Crippen molar-refractivity contribution in [2.45, 2.75) is 5.41 Å². The van der Waals surface area contributed by atoms with Crippen LogP contribution in [0, 0.1) is 0 Å². The van der Waals surface area contributed by atoms with Gasteiger partial charge in [-0.15, -0.1) is 0 Å². The minimum atomic E-state index is -0.898. The largest absolute Gasteiger partial charge is 0.292 e. The molecule has 0 atom stereocenters. The van der Waals surface area contributed by atoms with Crippen LogP contribution < -0.4 is 0 Å². The van der Waals surface area contributed by atoms with E-state index >= 15 is 0 Å². The molecule has 0 N–H and O–H groups in total. The molecule has 0 aliphatic rings. The van der Waals surface area contributed by atoms with E-state index in [-0.39, 0.29) is 5.78 Å². The van der Waals surface area contributed by atoms with Crippen LogP contribution in [0.4, 0.5) is 0 Å². The number of hydrogen-bond donors (Lipinski definition) is 0. The van der Waals surface area contributed by atoms with Gasteiger partial charge in [0, 0.05) is 5.56 Å². The van der Waals surface area contributed by atoms with Gasteiger partial charge in [-0.05, 0) is 16.7 Å². The molecule has 0 aliphatic carbocycles. The fourth-order valence-electron chi connectivity index (χ4n) is 3.76. The van der Waals surface area contributed by atoms with Gasteiger partial charge < -0.3 is 0 Å². The Labute approximate surface area is 159 Å². The third-order valence-corrected chi connectivity index (χ3v) is 5.00. The Bertz CT molecular complexity index is 910. The monoisotopic (exact) mass is 348 g/mol. The molecule has 0 amide bonds. The fourth-order valence-corrected chi connectivity index (χ4v) is 3.76. The van der Waals surface area contributed by atoms with Crippen molar-refractivity contribution in [3.8, 4) is 0 Å². The summed E-state index contributed by atoms with van der Waals surface area (Å²) < 4.78 is 0. The summed E-state index contributed by atoms with van der Waals surface area (Å²) in [7, 11) is 0. The van der Waals surface area contributed by atoms with Crippen molar-refractivity contribution in [2.75, 3.05) is 0 Å². The SMILES string of the molecule is O=C(c1ccccc1)C(c1ccccc1)(c1ccccc1)c1ccccc1. The summed E-state index contributed by atoms with van der Waals surface area (Å²) in [5.41, 5.74) is 2.71. The first-order valence-corrected chi connectivity index (χ1v) is 9.10. The van der Waals surface area contributed by atoms with E-state index in [1.807, 2.05) is 121 Å². The number of carbonyl (C=O) groups is 1. The third kappa shape index (κ3) is 2.98. The van der Waals surface area contributed by atoms with Crippen LogP contribution in [0.3, 0.4) is 0 Å². The van der Waals surface area contributed by atoms with E-state index in [1.165, 1.54) is 0 Å². The molecule has 4 aromatic carbocycles. The normalized spacial score (nSPS) is 11.1. The highest BCUT2D eigenvalue weighted by Gasteiger charge is 2.43. The van der Waals surface area contributed by atoms with Gasteiger partial charge in [0.1, 0.15) is 5.41 Å². The molecule has 0 fully saturated rings. The van der Waals surface area contributed by atoms with Gasteiger partial charge in [-0.2, -0.15) is 0 Å². The van der Waals surface area contributed by atoms with E-state index in [0.29, 0.717) is 5.56 Å². The van der Waals surface area contributed by atoms with Gasteiger partial charge in [0.25, 0.3) is 0 Å². The summed E-state index contributed by atoms with van der Waals surface area (Å²) in [5.74, 6) is 0.0756. The smallest absolute Gasteiger partial charge is 0.182 e. The summed E-state index contributed by atoms with van der Waals surface area (Å²) in [6.45, 7) is 0. The Morgan fingerprint density at radius 2 is 0.741 bits per heavy atom. The van der Waals surface area contributed by atoms with Crippen LogP contribution in [-0.2, 0) is 5.41 Å². The second-order valence-electron chi connectivity index (χ2n) is 6.54. The molecule has 0 saturated carbocycles. The molecule has 0 radical (unpaired) electrons. The molecule has 1 heteroatoms. The summed E-state index contributed by atoms with van der Waals surface area (Å²) in [6, 6.07) is 39.7. The molecule has 1 nitrogen and oxygen atoms in total. The van der Waals surface area contributed by atoms with Gasteiger partial charge in [-0.25, -0.2) is 0 Å². The second-order valence-corrected chi connectivity index (χ2v) is 6.54. The van der Waals surface area contributed by atoms with Crippen LogP contribution in [0.15, 0.2) is 121 Å². The first-order valence-electron chi connectivity index (χ1n) is 9.10. The van der Waals surface area contributed by atoms with E-state index in [0.717, 1.165) is 16.7 Å². The second kappa shape index (κ2) is 7.43. The Kier molecular flexibility index (Phi) is 4.67. The number of rotatable bonds is 5. The Balaban J connectivity index is 2.08. The average Bonchev–Trinajstić information content (AvgIpc) is 2.77. The molecule has 4 rings (SSSR count). The number of carbonyl (C=O) groups excluding carboxylic acids is 1.